The second kappa shape index (κ2) is 9.92. The van der Waals surface area contributed by atoms with Crippen LogP contribution in [0.5, 0.6) is 5.75 Å². The summed E-state index contributed by atoms with van der Waals surface area (Å²) in [5.74, 6) is 0.411. The van der Waals surface area contributed by atoms with Gasteiger partial charge in [-0.3, -0.25) is 9.69 Å². The van der Waals surface area contributed by atoms with Crippen LogP contribution < -0.4 is 9.64 Å². The van der Waals surface area contributed by atoms with Gasteiger partial charge < -0.3 is 4.74 Å². The zero-order valence-corrected chi connectivity index (χ0v) is 21.7. The Morgan fingerprint density at radius 1 is 0.971 bits per heavy atom. The summed E-state index contributed by atoms with van der Waals surface area (Å²) in [7, 11) is 0. The van der Waals surface area contributed by atoms with Crippen LogP contribution in [0.15, 0.2) is 94.3 Å². The van der Waals surface area contributed by atoms with Crippen molar-refractivity contribution >= 4 is 84.3 Å². The predicted molar refractivity (Wildman–Crippen MR) is 150 cm³/mol. The third kappa shape index (κ3) is 4.77. The number of para-hydroxylation sites is 1. The van der Waals surface area contributed by atoms with Crippen LogP contribution in [0.25, 0.3) is 16.8 Å². The van der Waals surface area contributed by atoms with Crippen LogP contribution in [0.3, 0.4) is 0 Å². The Morgan fingerprint density at radius 2 is 1.71 bits per heavy atom. The first-order chi connectivity index (χ1) is 16.5. The van der Waals surface area contributed by atoms with Gasteiger partial charge in [-0.25, -0.2) is 0 Å². The van der Waals surface area contributed by atoms with E-state index in [1.165, 1.54) is 17.1 Å². The first kappa shape index (κ1) is 23.1. The Labute approximate surface area is 220 Å². The lowest BCUT2D eigenvalue weighted by molar-refractivity contribution is -0.113. The second-order valence-corrected chi connectivity index (χ2v) is 10.6. The molecule has 0 unspecified atom stereocenters. The number of amides is 1. The van der Waals surface area contributed by atoms with Crippen LogP contribution in [-0.2, 0) is 11.4 Å². The van der Waals surface area contributed by atoms with E-state index >= 15 is 0 Å². The van der Waals surface area contributed by atoms with Crippen LogP contribution in [0.2, 0.25) is 5.02 Å². The Kier molecular flexibility index (Phi) is 6.75. The molecule has 4 aromatic carbocycles. The molecule has 0 aromatic heterocycles. The number of carbonyl (C=O) groups excluding carboxylic acids is 1. The topological polar surface area (TPSA) is 29.5 Å². The van der Waals surface area contributed by atoms with Gasteiger partial charge in [0, 0.05) is 0 Å². The molecule has 1 aliphatic rings. The van der Waals surface area contributed by atoms with E-state index in [1.54, 1.807) is 17.0 Å². The number of thioether (sulfide) groups is 1. The van der Waals surface area contributed by atoms with Gasteiger partial charge in [0.2, 0.25) is 0 Å². The molecular formula is C27H17BrClNO2S2. The SMILES string of the molecule is O=C1/C(=C\c2cc(Cl)c(OCc3ccc4ccccc4c3)c(Br)c2)SC(=S)N1c1ccccc1. The average molecular weight is 567 g/mol. The maximum Gasteiger partial charge on any atom is 0.270 e. The van der Waals surface area contributed by atoms with Crippen molar-refractivity contribution < 1.29 is 9.53 Å². The highest BCUT2D eigenvalue weighted by Gasteiger charge is 2.33. The summed E-state index contributed by atoms with van der Waals surface area (Å²) < 4.78 is 7.26. The minimum Gasteiger partial charge on any atom is -0.486 e. The van der Waals surface area contributed by atoms with E-state index in [4.69, 9.17) is 28.6 Å². The molecule has 0 N–H and O–H groups in total. The van der Waals surface area contributed by atoms with E-state index in [2.05, 4.69) is 40.2 Å². The fourth-order valence-electron chi connectivity index (χ4n) is 3.70. The number of carbonyl (C=O) groups is 1. The Hall–Kier alpha value is -2.64. The maximum absolute atomic E-state index is 13.0. The van der Waals surface area contributed by atoms with Crippen LogP contribution in [0.4, 0.5) is 5.69 Å². The first-order valence-electron chi connectivity index (χ1n) is 10.4. The molecule has 4 aromatic rings. The monoisotopic (exact) mass is 565 g/mol. The Bertz CT molecular complexity index is 1430. The number of halogens is 2. The van der Waals surface area contributed by atoms with E-state index in [-0.39, 0.29) is 5.91 Å². The summed E-state index contributed by atoms with van der Waals surface area (Å²) in [6.07, 6.45) is 1.80. The number of nitrogens with zero attached hydrogens (tertiary/aromatic N) is 1. The van der Waals surface area contributed by atoms with E-state index < -0.39 is 0 Å². The van der Waals surface area contributed by atoms with Gasteiger partial charge in [-0.05, 0) is 74.2 Å². The van der Waals surface area contributed by atoms with Crippen molar-refractivity contribution in [2.45, 2.75) is 6.61 Å². The highest BCUT2D eigenvalue weighted by Crippen LogP contribution is 2.39. The number of fused-ring (bicyclic) bond motifs is 1. The number of anilines is 1. The van der Waals surface area contributed by atoms with Crippen molar-refractivity contribution in [2.75, 3.05) is 4.90 Å². The molecule has 0 saturated carbocycles. The van der Waals surface area contributed by atoms with Gasteiger partial charge in [-0.2, -0.15) is 0 Å². The number of hydrogen-bond acceptors (Lipinski definition) is 4. The quantitative estimate of drug-likeness (QED) is 0.180. The number of thiocarbonyl (C=S) groups is 1. The van der Waals surface area contributed by atoms with Gasteiger partial charge in [-0.15, -0.1) is 0 Å². The minimum atomic E-state index is -0.148. The number of benzene rings is 4. The minimum absolute atomic E-state index is 0.148. The van der Waals surface area contributed by atoms with Gasteiger partial charge >= 0.3 is 0 Å². The van der Waals surface area contributed by atoms with Crippen LogP contribution >= 0.6 is 51.5 Å². The maximum atomic E-state index is 13.0. The molecule has 0 radical (unpaired) electrons. The lowest BCUT2D eigenvalue weighted by atomic mass is 10.1. The molecule has 34 heavy (non-hydrogen) atoms. The second-order valence-electron chi connectivity index (χ2n) is 7.64. The lowest BCUT2D eigenvalue weighted by Crippen LogP contribution is -2.27. The first-order valence-corrected chi connectivity index (χ1v) is 12.8. The van der Waals surface area contributed by atoms with E-state index in [0.29, 0.717) is 31.1 Å². The molecule has 3 nitrogen and oxygen atoms in total. The summed E-state index contributed by atoms with van der Waals surface area (Å²) in [4.78, 5) is 15.1. The Balaban J connectivity index is 1.35. The number of ether oxygens (including phenoxy) is 1. The summed E-state index contributed by atoms with van der Waals surface area (Å²) >= 11 is 16.9. The largest absolute Gasteiger partial charge is 0.486 e. The molecule has 168 valence electrons. The third-order valence-corrected chi connectivity index (χ3v) is 7.50. The smallest absolute Gasteiger partial charge is 0.270 e. The van der Waals surface area contributed by atoms with Gasteiger partial charge in [-0.1, -0.05) is 90.2 Å². The standard InChI is InChI=1S/C27H17BrClNO2S2/c28-22-13-18(15-24-26(31)30(27(33)34-24)21-8-2-1-3-9-21)14-23(29)25(22)32-16-17-10-11-19-6-4-5-7-20(19)12-17/h1-15H,16H2/b24-15+. The van der Waals surface area contributed by atoms with E-state index in [1.807, 2.05) is 54.6 Å². The van der Waals surface area contributed by atoms with Crippen LogP contribution in [0, 0.1) is 0 Å². The predicted octanol–water partition coefficient (Wildman–Crippen LogP) is 8.24. The summed E-state index contributed by atoms with van der Waals surface area (Å²) in [5, 5.41) is 2.81. The molecule has 1 aliphatic heterocycles. The van der Waals surface area contributed by atoms with Gasteiger partial charge in [0.25, 0.3) is 5.91 Å². The van der Waals surface area contributed by atoms with Crippen molar-refractivity contribution in [1.29, 1.82) is 0 Å². The van der Waals surface area contributed by atoms with Crippen molar-refractivity contribution in [3.05, 3.63) is 110 Å². The number of hydrogen-bond donors (Lipinski definition) is 0. The molecule has 5 rings (SSSR count). The molecule has 7 heteroatoms. The molecule has 0 spiro atoms. The van der Waals surface area contributed by atoms with Crippen LogP contribution in [-0.4, -0.2) is 10.2 Å². The highest BCUT2D eigenvalue weighted by molar-refractivity contribution is 9.10. The fraction of sp³-hybridized carbons (Fsp3) is 0.0370. The lowest BCUT2D eigenvalue weighted by Gasteiger charge is -2.14. The zero-order valence-electron chi connectivity index (χ0n) is 17.7. The summed E-state index contributed by atoms with van der Waals surface area (Å²) in [6, 6.07) is 27.5. The molecule has 0 atom stereocenters. The number of rotatable bonds is 5. The van der Waals surface area contributed by atoms with Crippen molar-refractivity contribution in [1.82, 2.24) is 0 Å². The Morgan fingerprint density at radius 3 is 2.47 bits per heavy atom. The molecule has 1 fully saturated rings. The van der Waals surface area contributed by atoms with Crippen LogP contribution in [0.1, 0.15) is 11.1 Å². The summed E-state index contributed by atoms with van der Waals surface area (Å²) in [5.41, 5.74) is 2.59. The molecule has 0 aliphatic carbocycles. The van der Waals surface area contributed by atoms with Crippen molar-refractivity contribution in [3.8, 4) is 5.75 Å². The molecule has 1 heterocycles. The van der Waals surface area contributed by atoms with E-state index in [0.717, 1.165) is 22.2 Å². The zero-order chi connectivity index (χ0) is 23.7. The van der Waals surface area contributed by atoms with Gasteiger partial charge in [0.05, 0.1) is 20.1 Å². The molecular weight excluding hydrogens is 550 g/mol. The van der Waals surface area contributed by atoms with Gasteiger partial charge in [0.15, 0.2) is 10.1 Å². The molecule has 0 bridgehead atoms. The third-order valence-electron chi connectivity index (χ3n) is 5.32. The van der Waals surface area contributed by atoms with Crippen molar-refractivity contribution in [2.24, 2.45) is 0 Å². The highest BCUT2D eigenvalue weighted by atomic mass is 79.9. The molecule has 1 saturated heterocycles. The fourth-order valence-corrected chi connectivity index (χ4v) is 5.99. The van der Waals surface area contributed by atoms with E-state index in [9.17, 15) is 4.79 Å². The normalized spacial score (nSPS) is 14.9. The van der Waals surface area contributed by atoms with Gasteiger partial charge in [0.1, 0.15) is 6.61 Å². The van der Waals surface area contributed by atoms with Crippen molar-refractivity contribution in [3.63, 3.8) is 0 Å². The summed E-state index contributed by atoms with van der Waals surface area (Å²) in [6.45, 7) is 0.387. The average Bonchev–Trinajstić information content (AvgIpc) is 3.11. The molecule has 1 amide bonds.